The molecule has 1 amide bonds. The number of aromatic nitrogens is 1. The SMILES string of the molecule is COC(=O)c1scnc1N1CC(Cl)CC1=O. The summed E-state index contributed by atoms with van der Waals surface area (Å²) in [7, 11) is 1.29. The van der Waals surface area contributed by atoms with Gasteiger partial charge in [0, 0.05) is 13.0 Å². The molecule has 86 valence electrons. The highest BCUT2D eigenvalue weighted by Crippen LogP contribution is 2.28. The summed E-state index contributed by atoms with van der Waals surface area (Å²) in [5.41, 5.74) is 1.51. The lowest BCUT2D eigenvalue weighted by molar-refractivity contribution is -0.117. The lowest BCUT2D eigenvalue weighted by atomic mass is 10.4. The molecule has 1 aromatic heterocycles. The van der Waals surface area contributed by atoms with Crippen molar-refractivity contribution in [3.63, 3.8) is 0 Å². The Hall–Kier alpha value is -1.14. The van der Waals surface area contributed by atoms with Gasteiger partial charge in [0.05, 0.1) is 18.0 Å². The van der Waals surface area contributed by atoms with Crippen molar-refractivity contribution in [1.82, 2.24) is 4.98 Å². The average Bonchev–Trinajstić information content (AvgIpc) is 2.83. The minimum absolute atomic E-state index is 0.115. The van der Waals surface area contributed by atoms with Crippen molar-refractivity contribution in [3.8, 4) is 0 Å². The van der Waals surface area contributed by atoms with Crippen LogP contribution in [0, 0.1) is 0 Å². The molecule has 0 spiro atoms. The second kappa shape index (κ2) is 4.39. The maximum atomic E-state index is 11.6. The van der Waals surface area contributed by atoms with Crippen molar-refractivity contribution in [1.29, 1.82) is 0 Å². The fraction of sp³-hybridized carbons (Fsp3) is 0.444. The molecule has 2 rings (SSSR count). The predicted octanol–water partition coefficient (Wildman–Crippen LogP) is 1.27. The van der Waals surface area contributed by atoms with Crippen LogP contribution in [0.3, 0.4) is 0 Å². The van der Waals surface area contributed by atoms with Gasteiger partial charge in [-0.05, 0) is 0 Å². The normalized spacial score (nSPS) is 20.2. The van der Waals surface area contributed by atoms with Crippen molar-refractivity contribution in [2.24, 2.45) is 0 Å². The van der Waals surface area contributed by atoms with Gasteiger partial charge in [-0.3, -0.25) is 9.69 Å². The Bertz CT molecular complexity index is 434. The number of methoxy groups -OCH3 is 1. The van der Waals surface area contributed by atoms with Gasteiger partial charge in [-0.25, -0.2) is 9.78 Å². The largest absolute Gasteiger partial charge is 0.465 e. The molecule has 0 radical (unpaired) electrons. The number of amides is 1. The third-order valence-corrected chi connectivity index (χ3v) is 3.34. The van der Waals surface area contributed by atoms with Gasteiger partial charge in [0.15, 0.2) is 10.7 Å². The summed E-state index contributed by atoms with van der Waals surface area (Å²) < 4.78 is 4.62. The number of hydrogen-bond acceptors (Lipinski definition) is 5. The van der Waals surface area contributed by atoms with E-state index >= 15 is 0 Å². The fourth-order valence-corrected chi connectivity index (χ4v) is 2.51. The molecular weight excluding hydrogens is 252 g/mol. The first-order chi connectivity index (χ1) is 7.63. The van der Waals surface area contributed by atoms with Crippen LogP contribution in [0.25, 0.3) is 0 Å². The van der Waals surface area contributed by atoms with Crippen LogP contribution in [0.2, 0.25) is 0 Å². The molecule has 0 saturated carbocycles. The van der Waals surface area contributed by atoms with Crippen LogP contribution in [-0.2, 0) is 9.53 Å². The van der Waals surface area contributed by atoms with E-state index in [2.05, 4.69) is 9.72 Å². The summed E-state index contributed by atoms with van der Waals surface area (Å²) in [4.78, 5) is 28.8. The second-order valence-electron chi connectivity index (χ2n) is 3.30. The van der Waals surface area contributed by atoms with Crippen molar-refractivity contribution in [3.05, 3.63) is 10.4 Å². The smallest absolute Gasteiger partial charge is 0.351 e. The Morgan fingerprint density at radius 1 is 1.75 bits per heavy atom. The van der Waals surface area contributed by atoms with Crippen molar-refractivity contribution in [2.45, 2.75) is 11.8 Å². The summed E-state index contributed by atoms with van der Waals surface area (Å²) in [5.74, 6) is -0.246. The number of nitrogens with zero attached hydrogens (tertiary/aromatic N) is 2. The first-order valence-corrected chi connectivity index (χ1v) is 5.91. The highest BCUT2D eigenvalue weighted by Gasteiger charge is 2.33. The Labute approximate surface area is 101 Å². The fourth-order valence-electron chi connectivity index (χ4n) is 1.53. The molecule has 1 unspecified atom stereocenters. The highest BCUT2D eigenvalue weighted by molar-refractivity contribution is 7.12. The first kappa shape index (κ1) is 11.3. The quantitative estimate of drug-likeness (QED) is 0.594. The number of anilines is 1. The van der Waals surface area contributed by atoms with Gasteiger partial charge in [-0.2, -0.15) is 0 Å². The molecule has 16 heavy (non-hydrogen) atoms. The van der Waals surface area contributed by atoms with Crippen LogP contribution in [0.5, 0.6) is 0 Å². The summed E-state index contributed by atoms with van der Waals surface area (Å²) in [6.07, 6.45) is 0.277. The van der Waals surface area contributed by atoms with Crippen LogP contribution >= 0.6 is 22.9 Å². The van der Waals surface area contributed by atoms with Gasteiger partial charge < -0.3 is 4.74 Å². The Balaban J connectivity index is 2.31. The number of carbonyl (C=O) groups is 2. The predicted molar refractivity (Wildman–Crippen MR) is 60.1 cm³/mol. The second-order valence-corrected chi connectivity index (χ2v) is 4.77. The van der Waals surface area contributed by atoms with Gasteiger partial charge in [-0.15, -0.1) is 22.9 Å². The third kappa shape index (κ3) is 1.90. The first-order valence-electron chi connectivity index (χ1n) is 4.59. The van der Waals surface area contributed by atoms with E-state index in [1.54, 1.807) is 0 Å². The number of carbonyl (C=O) groups excluding carboxylic acids is 2. The topological polar surface area (TPSA) is 59.5 Å². The number of esters is 1. The van der Waals surface area contributed by atoms with Gasteiger partial charge in [0.1, 0.15) is 0 Å². The van der Waals surface area contributed by atoms with E-state index in [-0.39, 0.29) is 17.7 Å². The molecule has 7 heteroatoms. The average molecular weight is 261 g/mol. The van der Waals surface area contributed by atoms with Crippen molar-refractivity contribution in [2.75, 3.05) is 18.6 Å². The molecular formula is C9H9ClN2O3S. The molecule has 1 aliphatic heterocycles. The Morgan fingerprint density at radius 2 is 2.50 bits per heavy atom. The zero-order valence-electron chi connectivity index (χ0n) is 8.47. The maximum Gasteiger partial charge on any atom is 0.351 e. The number of hydrogen-bond donors (Lipinski definition) is 0. The van der Waals surface area contributed by atoms with E-state index in [0.29, 0.717) is 17.2 Å². The summed E-state index contributed by atoms with van der Waals surface area (Å²) >= 11 is 7.03. The number of alkyl halides is 1. The zero-order valence-corrected chi connectivity index (χ0v) is 10.0. The number of rotatable bonds is 2. The lowest BCUT2D eigenvalue weighted by Crippen LogP contribution is -2.26. The van der Waals surface area contributed by atoms with Crippen LogP contribution in [0.15, 0.2) is 5.51 Å². The third-order valence-electron chi connectivity index (χ3n) is 2.25. The van der Waals surface area contributed by atoms with Gasteiger partial charge in [0.2, 0.25) is 5.91 Å². The lowest BCUT2D eigenvalue weighted by Gasteiger charge is -2.13. The molecule has 1 saturated heterocycles. The minimum Gasteiger partial charge on any atom is -0.465 e. The van der Waals surface area contributed by atoms with Crippen molar-refractivity contribution >= 4 is 40.6 Å². The van der Waals surface area contributed by atoms with Gasteiger partial charge in [-0.1, -0.05) is 0 Å². The van der Waals surface area contributed by atoms with Crippen molar-refractivity contribution < 1.29 is 14.3 Å². The molecule has 0 N–H and O–H groups in total. The molecule has 1 atom stereocenters. The van der Waals surface area contributed by atoms with Crippen LogP contribution in [-0.4, -0.2) is 35.9 Å². The van der Waals surface area contributed by atoms with E-state index in [1.165, 1.54) is 17.5 Å². The van der Waals surface area contributed by atoms with E-state index in [1.807, 2.05) is 0 Å². The summed E-state index contributed by atoms with van der Waals surface area (Å²) in [6.45, 7) is 0.383. The minimum atomic E-state index is -0.483. The van der Waals surface area contributed by atoms with Crippen LogP contribution in [0.1, 0.15) is 16.1 Å². The van der Waals surface area contributed by atoms with E-state index in [0.717, 1.165) is 11.3 Å². The molecule has 1 fully saturated rings. The van der Waals surface area contributed by atoms with Gasteiger partial charge in [0.25, 0.3) is 0 Å². The van der Waals surface area contributed by atoms with Crippen LogP contribution in [0.4, 0.5) is 5.82 Å². The maximum absolute atomic E-state index is 11.6. The molecule has 1 aromatic rings. The van der Waals surface area contributed by atoms with E-state index in [9.17, 15) is 9.59 Å². The molecule has 2 heterocycles. The van der Waals surface area contributed by atoms with E-state index < -0.39 is 5.97 Å². The molecule has 1 aliphatic rings. The Kier molecular flexibility index (Phi) is 3.11. The molecule has 0 aromatic carbocycles. The molecule has 0 bridgehead atoms. The number of thiazole rings is 1. The van der Waals surface area contributed by atoms with Gasteiger partial charge >= 0.3 is 5.97 Å². The summed E-state index contributed by atoms with van der Waals surface area (Å²) in [5, 5.41) is -0.223. The molecule has 0 aliphatic carbocycles. The zero-order chi connectivity index (χ0) is 11.7. The monoisotopic (exact) mass is 260 g/mol. The Morgan fingerprint density at radius 3 is 3.06 bits per heavy atom. The van der Waals surface area contributed by atoms with Crippen LogP contribution < -0.4 is 4.90 Å². The highest BCUT2D eigenvalue weighted by atomic mass is 35.5. The number of halogens is 1. The summed E-state index contributed by atoms with van der Waals surface area (Å²) in [6, 6.07) is 0. The number of ether oxygens (including phenoxy) is 1. The van der Waals surface area contributed by atoms with E-state index in [4.69, 9.17) is 11.6 Å². The standard InChI is InChI=1S/C9H9ClN2O3S/c1-15-9(14)7-8(11-4-16-7)12-3-5(10)2-6(12)13/h4-5H,2-3H2,1H3. The molecule has 5 nitrogen and oxygen atoms in total.